The molecule has 1 aliphatic rings. The Morgan fingerprint density at radius 3 is 2.95 bits per heavy atom. The fourth-order valence-corrected chi connectivity index (χ4v) is 2.36. The monoisotopic (exact) mass is 276 g/mol. The van der Waals surface area contributed by atoms with Crippen LogP contribution in [0.5, 0.6) is 0 Å². The maximum atomic E-state index is 11.6. The lowest BCUT2D eigenvalue weighted by Gasteiger charge is -2.34. The highest BCUT2D eigenvalue weighted by atomic mass is 16.6. The molecular formula is C14H16N2O4. The topological polar surface area (TPSA) is 64.8 Å². The average molecular weight is 276 g/mol. The number of hydrogen-bond acceptors (Lipinski definition) is 6. The molecule has 106 valence electrons. The summed E-state index contributed by atoms with van der Waals surface area (Å²) < 4.78 is 16.0. The van der Waals surface area contributed by atoms with E-state index in [0.29, 0.717) is 19.1 Å². The molecule has 6 nitrogen and oxygen atoms in total. The summed E-state index contributed by atoms with van der Waals surface area (Å²) in [5.41, 5.74) is 1.53. The Kier molecular flexibility index (Phi) is 3.31. The fourth-order valence-electron chi connectivity index (χ4n) is 2.36. The smallest absolute Gasteiger partial charge is 0.336 e. The van der Waals surface area contributed by atoms with Gasteiger partial charge in [0.2, 0.25) is 0 Å². The first kappa shape index (κ1) is 12.9. The number of anilines is 1. The Morgan fingerprint density at radius 1 is 1.40 bits per heavy atom. The van der Waals surface area contributed by atoms with E-state index in [9.17, 15) is 4.79 Å². The van der Waals surface area contributed by atoms with E-state index in [-0.39, 0.29) is 12.1 Å². The normalized spacial score (nSPS) is 23.0. The Bertz CT molecular complexity index is 591. The van der Waals surface area contributed by atoms with Crippen molar-refractivity contribution in [1.82, 2.24) is 4.98 Å². The minimum atomic E-state index is -0.612. The first-order valence-corrected chi connectivity index (χ1v) is 6.51. The number of benzene rings is 1. The zero-order valence-corrected chi connectivity index (χ0v) is 11.4. The van der Waals surface area contributed by atoms with Crippen LogP contribution in [0.25, 0.3) is 11.1 Å². The number of hydrogen-bond donors (Lipinski definition) is 0. The standard InChI is InChI=1S/C14H16N2O4/c1-9-7-16(8-12(19-9)13(17)18-2)14-15-10-5-3-4-6-11(10)20-14/h3-6,9,12H,7-8H2,1-2H3/t9-,12-/m1/s1. The third-order valence-corrected chi connectivity index (χ3v) is 3.28. The predicted molar refractivity (Wildman–Crippen MR) is 72.6 cm³/mol. The van der Waals surface area contributed by atoms with Gasteiger partial charge in [-0.05, 0) is 19.1 Å². The molecule has 0 bridgehead atoms. The molecule has 6 heteroatoms. The first-order chi connectivity index (χ1) is 9.67. The van der Waals surface area contributed by atoms with Gasteiger partial charge in [0.1, 0.15) is 5.52 Å². The second-order valence-electron chi connectivity index (χ2n) is 4.83. The van der Waals surface area contributed by atoms with Crippen LogP contribution in [-0.4, -0.2) is 43.4 Å². The molecule has 1 aliphatic heterocycles. The van der Waals surface area contributed by atoms with Crippen molar-refractivity contribution in [1.29, 1.82) is 0 Å². The summed E-state index contributed by atoms with van der Waals surface area (Å²) in [5, 5.41) is 0. The second-order valence-corrected chi connectivity index (χ2v) is 4.83. The fraction of sp³-hybridized carbons (Fsp3) is 0.429. The molecule has 2 heterocycles. The SMILES string of the molecule is COC(=O)[C@H]1CN(c2nc3ccccc3o2)C[C@@H](C)O1. The largest absolute Gasteiger partial charge is 0.467 e. The molecule has 0 amide bonds. The molecule has 3 rings (SSSR count). The number of carbonyl (C=O) groups excluding carboxylic acids is 1. The lowest BCUT2D eigenvalue weighted by Crippen LogP contribution is -2.50. The highest BCUT2D eigenvalue weighted by molar-refractivity contribution is 5.76. The summed E-state index contributed by atoms with van der Waals surface area (Å²) in [6, 6.07) is 8.08. The molecule has 0 aliphatic carbocycles. The van der Waals surface area contributed by atoms with Crippen LogP contribution < -0.4 is 4.90 Å². The van der Waals surface area contributed by atoms with Gasteiger partial charge in [-0.3, -0.25) is 0 Å². The summed E-state index contributed by atoms with van der Waals surface area (Å²) in [4.78, 5) is 18.0. The summed E-state index contributed by atoms with van der Waals surface area (Å²) in [6.45, 7) is 2.91. The van der Waals surface area contributed by atoms with Crippen molar-refractivity contribution in [2.24, 2.45) is 0 Å². The van der Waals surface area contributed by atoms with Gasteiger partial charge in [0.15, 0.2) is 11.7 Å². The zero-order chi connectivity index (χ0) is 14.1. The van der Waals surface area contributed by atoms with Gasteiger partial charge >= 0.3 is 5.97 Å². The summed E-state index contributed by atoms with van der Waals surface area (Å²) >= 11 is 0. The van der Waals surface area contributed by atoms with Crippen molar-refractivity contribution in [3.8, 4) is 0 Å². The van der Waals surface area contributed by atoms with E-state index in [1.807, 2.05) is 36.1 Å². The van der Waals surface area contributed by atoms with Gasteiger partial charge in [-0.2, -0.15) is 4.98 Å². The maximum Gasteiger partial charge on any atom is 0.336 e. The van der Waals surface area contributed by atoms with Crippen molar-refractivity contribution < 1.29 is 18.7 Å². The highest BCUT2D eigenvalue weighted by Gasteiger charge is 2.33. The van der Waals surface area contributed by atoms with Crippen LogP contribution in [0, 0.1) is 0 Å². The van der Waals surface area contributed by atoms with E-state index in [1.165, 1.54) is 7.11 Å². The molecular weight excluding hydrogens is 260 g/mol. The molecule has 0 saturated carbocycles. The Balaban J connectivity index is 1.86. The Morgan fingerprint density at radius 2 is 2.20 bits per heavy atom. The van der Waals surface area contributed by atoms with Gasteiger partial charge in [0.25, 0.3) is 6.01 Å². The minimum absolute atomic E-state index is 0.0946. The lowest BCUT2D eigenvalue weighted by molar-refractivity contribution is -0.158. The van der Waals surface area contributed by atoms with Crippen LogP contribution in [0.15, 0.2) is 28.7 Å². The van der Waals surface area contributed by atoms with Gasteiger partial charge in [0.05, 0.1) is 19.8 Å². The van der Waals surface area contributed by atoms with Gasteiger partial charge in [-0.1, -0.05) is 12.1 Å². The number of fused-ring (bicyclic) bond motifs is 1. The van der Waals surface area contributed by atoms with Crippen LogP contribution >= 0.6 is 0 Å². The lowest BCUT2D eigenvalue weighted by atomic mass is 10.2. The van der Waals surface area contributed by atoms with E-state index >= 15 is 0 Å². The van der Waals surface area contributed by atoms with Gasteiger partial charge in [-0.25, -0.2) is 4.79 Å². The van der Waals surface area contributed by atoms with Crippen molar-refractivity contribution in [3.05, 3.63) is 24.3 Å². The number of nitrogens with zero attached hydrogens (tertiary/aromatic N) is 2. The number of aromatic nitrogens is 1. The van der Waals surface area contributed by atoms with Crippen LogP contribution in [0.4, 0.5) is 6.01 Å². The number of methoxy groups -OCH3 is 1. The molecule has 0 unspecified atom stereocenters. The average Bonchev–Trinajstić information content (AvgIpc) is 2.89. The molecule has 1 saturated heterocycles. The van der Waals surface area contributed by atoms with E-state index in [4.69, 9.17) is 13.9 Å². The number of esters is 1. The van der Waals surface area contributed by atoms with E-state index in [0.717, 1.165) is 11.1 Å². The van der Waals surface area contributed by atoms with E-state index in [1.54, 1.807) is 0 Å². The maximum absolute atomic E-state index is 11.6. The number of morpholine rings is 1. The number of oxazole rings is 1. The van der Waals surface area contributed by atoms with Crippen molar-refractivity contribution >= 4 is 23.1 Å². The third kappa shape index (κ3) is 2.34. The predicted octanol–water partition coefficient (Wildman–Crippen LogP) is 1.59. The van der Waals surface area contributed by atoms with E-state index in [2.05, 4.69) is 4.98 Å². The molecule has 1 fully saturated rings. The molecule has 20 heavy (non-hydrogen) atoms. The Labute approximate surface area is 116 Å². The summed E-state index contributed by atoms with van der Waals surface area (Å²) in [6.07, 6.45) is -0.707. The van der Waals surface area contributed by atoms with Crippen molar-refractivity contribution in [2.75, 3.05) is 25.1 Å². The quantitative estimate of drug-likeness (QED) is 0.776. The molecule has 1 aromatic carbocycles. The van der Waals surface area contributed by atoms with Crippen molar-refractivity contribution in [3.63, 3.8) is 0 Å². The Hall–Kier alpha value is -2.08. The van der Waals surface area contributed by atoms with Crippen LogP contribution in [-0.2, 0) is 14.3 Å². The number of carbonyl (C=O) groups is 1. The summed E-state index contributed by atoms with van der Waals surface area (Å²) in [7, 11) is 1.36. The van der Waals surface area contributed by atoms with Crippen LogP contribution in [0.3, 0.4) is 0 Å². The van der Waals surface area contributed by atoms with Gasteiger partial charge in [-0.15, -0.1) is 0 Å². The van der Waals surface area contributed by atoms with E-state index < -0.39 is 6.10 Å². The van der Waals surface area contributed by atoms with Crippen molar-refractivity contribution in [2.45, 2.75) is 19.1 Å². The zero-order valence-electron chi connectivity index (χ0n) is 11.4. The molecule has 0 spiro atoms. The second kappa shape index (κ2) is 5.13. The molecule has 2 atom stereocenters. The molecule has 0 radical (unpaired) electrons. The highest BCUT2D eigenvalue weighted by Crippen LogP contribution is 2.24. The summed E-state index contributed by atoms with van der Waals surface area (Å²) in [5.74, 6) is -0.377. The number of ether oxygens (including phenoxy) is 2. The minimum Gasteiger partial charge on any atom is -0.467 e. The first-order valence-electron chi connectivity index (χ1n) is 6.51. The number of para-hydroxylation sites is 2. The van der Waals surface area contributed by atoms with Gasteiger partial charge < -0.3 is 18.8 Å². The third-order valence-electron chi connectivity index (χ3n) is 3.28. The van der Waals surface area contributed by atoms with Crippen LogP contribution in [0.2, 0.25) is 0 Å². The molecule has 2 aromatic rings. The molecule has 1 aromatic heterocycles. The molecule has 0 N–H and O–H groups in total. The van der Waals surface area contributed by atoms with Crippen LogP contribution in [0.1, 0.15) is 6.92 Å². The van der Waals surface area contributed by atoms with Gasteiger partial charge in [0, 0.05) is 6.54 Å². The number of rotatable bonds is 2.